The second-order valence-corrected chi connectivity index (χ2v) is 8.65. The molecule has 0 saturated carbocycles. The lowest BCUT2D eigenvalue weighted by Crippen LogP contribution is -2.35. The van der Waals surface area contributed by atoms with Crippen molar-refractivity contribution in [3.8, 4) is 5.75 Å². The lowest BCUT2D eigenvalue weighted by Gasteiger charge is -2.29. The third-order valence-electron chi connectivity index (χ3n) is 5.70. The molecule has 0 aliphatic carbocycles. The van der Waals surface area contributed by atoms with E-state index in [0.717, 1.165) is 38.0 Å². The number of pyridine rings is 2. The first-order valence-electron chi connectivity index (χ1n) is 10.9. The highest BCUT2D eigenvalue weighted by Crippen LogP contribution is 2.15. The maximum atomic E-state index is 12.7. The van der Waals surface area contributed by atoms with Gasteiger partial charge in [-0.1, -0.05) is 35.9 Å². The molecule has 172 valence electrons. The van der Waals surface area contributed by atoms with Crippen LogP contribution in [0.2, 0.25) is 5.02 Å². The van der Waals surface area contributed by atoms with Crippen molar-refractivity contribution in [2.45, 2.75) is 38.6 Å². The van der Waals surface area contributed by atoms with Gasteiger partial charge in [-0.2, -0.15) is 0 Å². The number of hydrogen-bond donors (Lipinski definition) is 1. The fourth-order valence-electron chi connectivity index (χ4n) is 3.74. The number of aliphatic hydroxyl groups excluding tert-OH is 1. The van der Waals surface area contributed by atoms with E-state index in [0.29, 0.717) is 22.0 Å². The summed E-state index contributed by atoms with van der Waals surface area (Å²) < 4.78 is 6.98. The van der Waals surface area contributed by atoms with Crippen LogP contribution in [0.25, 0.3) is 0 Å². The number of ketones is 1. The molecule has 3 aromatic rings. The summed E-state index contributed by atoms with van der Waals surface area (Å²) in [5.41, 5.74) is 2.07. The summed E-state index contributed by atoms with van der Waals surface area (Å²) in [6.07, 6.45) is 4.51. The summed E-state index contributed by atoms with van der Waals surface area (Å²) >= 11 is 5.82. The Morgan fingerprint density at radius 2 is 1.88 bits per heavy atom. The molecule has 8 heteroatoms. The van der Waals surface area contributed by atoms with Crippen molar-refractivity contribution in [1.29, 1.82) is 0 Å². The monoisotopic (exact) mass is 467 g/mol. The van der Waals surface area contributed by atoms with Crippen LogP contribution in [0.1, 0.15) is 34.5 Å². The zero-order chi connectivity index (χ0) is 23.2. The fourth-order valence-corrected chi connectivity index (χ4v) is 3.85. The SMILES string of the molecule is O=C(Cn1ccc(OCc2ccc(Cl)cn2)cc1=O)c1ccc(CN2CCC(O)CC2)cc1. The molecule has 1 N–H and O–H groups in total. The number of hydrogen-bond acceptors (Lipinski definition) is 6. The summed E-state index contributed by atoms with van der Waals surface area (Å²) in [5, 5.41) is 10.2. The number of rotatable bonds is 8. The van der Waals surface area contributed by atoms with Crippen molar-refractivity contribution in [3.05, 3.63) is 93.1 Å². The smallest absolute Gasteiger partial charge is 0.254 e. The Labute approximate surface area is 197 Å². The quantitative estimate of drug-likeness (QED) is 0.511. The minimum atomic E-state index is -0.311. The number of carbonyl (C=O) groups is 1. The number of ether oxygens (including phenoxy) is 1. The number of Topliss-reactive ketones (excluding diaryl/α,β-unsaturated/α-hetero) is 1. The molecule has 7 nitrogen and oxygen atoms in total. The number of carbonyl (C=O) groups excluding carboxylic acids is 1. The van der Waals surface area contributed by atoms with Gasteiger partial charge in [-0.15, -0.1) is 0 Å². The number of aliphatic hydroxyl groups is 1. The Kier molecular flexibility index (Phi) is 7.54. The molecule has 0 atom stereocenters. The van der Waals surface area contributed by atoms with Crippen molar-refractivity contribution in [2.24, 2.45) is 0 Å². The lowest BCUT2D eigenvalue weighted by atomic mass is 10.1. The largest absolute Gasteiger partial charge is 0.487 e. The summed E-state index contributed by atoms with van der Waals surface area (Å²) in [5.74, 6) is 0.277. The average molecular weight is 468 g/mol. The number of benzene rings is 1. The average Bonchev–Trinajstić information content (AvgIpc) is 2.82. The Morgan fingerprint density at radius 3 is 2.55 bits per heavy atom. The molecule has 0 bridgehead atoms. The van der Waals surface area contributed by atoms with Gasteiger partial charge in [0.2, 0.25) is 0 Å². The molecule has 4 rings (SSSR count). The molecule has 0 spiro atoms. The summed E-state index contributed by atoms with van der Waals surface area (Å²) in [6, 6.07) is 14.0. The van der Waals surface area contributed by atoms with E-state index in [4.69, 9.17) is 16.3 Å². The van der Waals surface area contributed by atoms with Crippen LogP contribution in [0.4, 0.5) is 0 Å². The zero-order valence-corrected chi connectivity index (χ0v) is 18.9. The Balaban J connectivity index is 1.32. The predicted molar refractivity (Wildman–Crippen MR) is 126 cm³/mol. The van der Waals surface area contributed by atoms with Crippen LogP contribution in [0.3, 0.4) is 0 Å². The lowest BCUT2D eigenvalue weighted by molar-refractivity contribution is 0.0792. The van der Waals surface area contributed by atoms with Gasteiger partial charge in [0.1, 0.15) is 12.4 Å². The minimum Gasteiger partial charge on any atom is -0.487 e. The number of halogens is 1. The van der Waals surface area contributed by atoms with E-state index in [-0.39, 0.29) is 30.6 Å². The molecular weight excluding hydrogens is 442 g/mol. The van der Waals surface area contributed by atoms with E-state index >= 15 is 0 Å². The van der Waals surface area contributed by atoms with Crippen LogP contribution in [0.5, 0.6) is 5.75 Å². The highest BCUT2D eigenvalue weighted by Gasteiger charge is 2.17. The van der Waals surface area contributed by atoms with Gasteiger partial charge >= 0.3 is 0 Å². The number of aromatic nitrogens is 2. The molecular formula is C25H26ClN3O4. The maximum Gasteiger partial charge on any atom is 0.254 e. The van der Waals surface area contributed by atoms with Crippen LogP contribution in [0.15, 0.2) is 65.7 Å². The molecule has 2 aromatic heterocycles. The number of likely N-dealkylation sites (tertiary alicyclic amines) is 1. The van der Waals surface area contributed by atoms with E-state index in [9.17, 15) is 14.7 Å². The van der Waals surface area contributed by atoms with E-state index < -0.39 is 0 Å². The van der Waals surface area contributed by atoms with E-state index in [1.165, 1.54) is 16.8 Å². The third kappa shape index (κ3) is 6.51. The van der Waals surface area contributed by atoms with Crippen molar-refractivity contribution in [2.75, 3.05) is 13.1 Å². The molecule has 1 fully saturated rings. The van der Waals surface area contributed by atoms with Gasteiger partial charge in [0, 0.05) is 43.7 Å². The summed E-state index contributed by atoms with van der Waals surface area (Å²) in [7, 11) is 0. The number of piperidine rings is 1. The zero-order valence-electron chi connectivity index (χ0n) is 18.2. The Bertz CT molecular complexity index is 1140. The van der Waals surface area contributed by atoms with Gasteiger partial charge in [0.05, 0.1) is 23.4 Å². The highest BCUT2D eigenvalue weighted by molar-refractivity contribution is 6.30. The molecule has 1 aromatic carbocycles. The van der Waals surface area contributed by atoms with Crippen LogP contribution >= 0.6 is 11.6 Å². The first-order valence-corrected chi connectivity index (χ1v) is 11.3. The van der Waals surface area contributed by atoms with Gasteiger partial charge in [0.25, 0.3) is 5.56 Å². The highest BCUT2D eigenvalue weighted by atomic mass is 35.5. The standard InChI is InChI=1S/C25H26ClN3O4/c26-20-5-6-21(27-14-20)17-33-23-9-12-29(25(32)13-23)16-24(31)19-3-1-18(2-4-19)15-28-10-7-22(30)8-11-28/h1-6,9,12-14,22,30H,7-8,10-11,15-17H2. The Morgan fingerprint density at radius 1 is 1.12 bits per heavy atom. The number of nitrogens with zero attached hydrogens (tertiary/aromatic N) is 3. The first-order chi connectivity index (χ1) is 16.0. The second kappa shape index (κ2) is 10.7. The first kappa shape index (κ1) is 23.2. The molecule has 1 saturated heterocycles. The molecule has 1 aliphatic heterocycles. The van der Waals surface area contributed by atoms with Gasteiger partial charge in [-0.25, -0.2) is 0 Å². The van der Waals surface area contributed by atoms with Crippen molar-refractivity contribution < 1.29 is 14.6 Å². The van der Waals surface area contributed by atoms with Crippen LogP contribution in [-0.2, 0) is 19.7 Å². The van der Waals surface area contributed by atoms with Crippen molar-refractivity contribution in [1.82, 2.24) is 14.5 Å². The van der Waals surface area contributed by atoms with Crippen LogP contribution in [0, 0.1) is 0 Å². The summed E-state index contributed by atoms with van der Waals surface area (Å²) in [6.45, 7) is 2.72. The summed E-state index contributed by atoms with van der Waals surface area (Å²) in [4.78, 5) is 31.6. The molecule has 0 radical (unpaired) electrons. The predicted octanol–water partition coefficient (Wildman–Crippen LogP) is 3.32. The molecule has 3 heterocycles. The van der Waals surface area contributed by atoms with Gasteiger partial charge in [-0.3, -0.25) is 19.5 Å². The molecule has 33 heavy (non-hydrogen) atoms. The van der Waals surface area contributed by atoms with Crippen LogP contribution < -0.4 is 10.3 Å². The van der Waals surface area contributed by atoms with E-state index in [2.05, 4.69) is 9.88 Å². The van der Waals surface area contributed by atoms with Gasteiger partial charge in [-0.05, 0) is 36.6 Å². The fraction of sp³-hybridized carbons (Fsp3) is 0.320. The van der Waals surface area contributed by atoms with Gasteiger partial charge in [0.15, 0.2) is 5.78 Å². The van der Waals surface area contributed by atoms with Crippen molar-refractivity contribution >= 4 is 17.4 Å². The maximum absolute atomic E-state index is 12.7. The molecule has 1 aliphatic rings. The van der Waals surface area contributed by atoms with E-state index in [1.807, 2.05) is 12.1 Å². The third-order valence-corrected chi connectivity index (χ3v) is 5.92. The normalized spacial score (nSPS) is 14.8. The van der Waals surface area contributed by atoms with Crippen molar-refractivity contribution in [3.63, 3.8) is 0 Å². The van der Waals surface area contributed by atoms with E-state index in [1.54, 1.807) is 36.5 Å². The van der Waals surface area contributed by atoms with Crippen LogP contribution in [-0.4, -0.2) is 44.5 Å². The molecule has 0 unspecified atom stereocenters. The minimum absolute atomic E-state index is 0.0405. The molecule has 0 amide bonds. The second-order valence-electron chi connectivity index (χ2n) is 8.21. The van der Waals surface area contributed by atoms with Gasteiger partial charge < -0.3 is 14.4 Å². The Hall–Kier alpha value is -3.00. The topological polar surface area (TPSA) is 84.7 Å².